The summed E-state index contributed by atoms with van der Waals surface area (Å²) in [7, 11) is -3.22. The summed E-state index contributed by atoms with van der Waals surface area (Å²) in [5, 5.41) is 6.44. The lowest BCUT2D eigenvalue weighted by atomic mass is 9.43. The molecule has 2 heterocycles. The van der Waals surface area contributed by atoms with Crippen LogP contribution in [0.5, 0.6) is 0 Å². The van der Waals surface area contributed by atoms with Gasteiger partial charge in [-0.25, -0.2) is 22.8 Å². The lowest BCUT2D eigenvalue weighted by molar-refractivity contribution is -0.142. The number of carbonyl (C=O) groups excluding carboxylic acids is 1. The Kier molecular flexibility index (Phi) is 5.09. The third kappa shape index (κ3) is 3.87. The SMILES string of the molecule is CS(=N)(=O)c1cc(NC(=O)c2c(C(F)(F)F)c(C34CC(C3)C4)nn2C[C@@H]2C[C@H]2C(F)F)ccn1. The third-order valence-corrected chi connectivity index (χ3v) is 8.11. The van der Waals surface area contributed by atoms with E-state index in [1.165, 1.54) is 12.3 Å². The van der Waals surface area contributed by atoms with Gasteiger partial charge in [-0.2, -0.15) is 18.3 Å². The number of hydrogen-bond donors (Lipinski definition) is 2. The van der Waals surface area contributed by atoms with Crippen molar-refractivity contribution < 1.29 is 31.0 Å². The van der Waals surface area contributed by atoms with Crippen molar-refractivity contribution in [2.45, 2.75) is 55.3 Å². The number of alkyl halides is 5. The molecule has 0 radical (unpaired) electrons. The third-order valence-electron chi connectivity index (χ3n) is 7.09. The summed E-state index contributed by atoms with van der Waals surface area (Å²) in [6, 6.07) is 2.47. The Bertz CT molecular complexity index is 1260. The van der Waals surface area contributed by atoms with E-state index in [9.17, 15) is 31.0 Å². The minimum atomic E-state index is -4.87. The molecule has 2 aromatic rings. The second-order valence-electron chi connectivity index (χ2n) is 9.69. The molecule has 13 heteroatoms. The summed E-state index contributed by atoms with van der Waals surface area (Å²) in [4.78, 5) is 17.0. The molecule has 6 rings (SSSR count). The van der Waals surface area contributed by atoms with Crippen LogP contribution in [0.15, 0.2) is 23.4 Å². The number of nitrogens with zero attached hydrogens (tertiary/aromatic N) is 3. The number of halogens is 5. The monoisotopic (exact) mass is 503 g/mol. The van der Waals surface area contributed by atoms with Gasteiger partial charge in [-0.05, 0) is 49.7 Å². The molecular formula is C21H22F5N5O2S. The molecule has 34 heavy (non-hydrogen) atoms. The van der Waals surface area contributed by atoms with E-state index in [-0.39, 0.29) is 29.4 Å². The fourth-order valence-corrected chi connectivity index (χ4v) is 5.75. The average molecular weight is 503 g/mol. The minimum absolute atomic E-state index is 0.0154. The first-order valence-electron chi connectivity index (χ1n) is 10.8. The first-order chi connectivity index (χ1) is 15.8. The van der Waals surface area contributed by atoms with Crippen LogP contribution in [0.1, 0.15) is 47.4 Å². The summed E-state index contributed by atoms with van der Waals surface area (Å²) in [5.74, 6) is -2.23. The molecule has 4 saturated carbocycles. The summed E-state index contributed by atoms with van der Waals surface area (Å²) in [6.45, 7) is -0.211. The number of carbonyl (C=O) groups is 1. The van der Waals surface area contributed by atoms with Gasteiger partial charge in [-0.15, -0.1) is 0 Å². The molecule has 0 aromatic carbocycles. The van der Waals surface area contributed by atoms with Gasteiger partial charge in [0.15, 0.2) is 0 Å². The molecule has 2 aromatic heterocycles. The van der Waals surface area contributed by atoms with Crippen LogP contribution in [0.25, 0.3) is 0 Å². The predicted molar refractivity (Wildman–Crippen MR) is 111 cm³/mol. The summed E-state index contributed by atoms with van der Waals surface area (Å²) >= 11 is 0. The lowest BCUT2D eigenvalue weighted by Crippen LogP contribution is -2.56. The van der Waals surface area contributed by atoms with E-state index in [1.54, 1.807) is 0 Å². The molecular weight excluding hydrogens is 481 g/mol. The van der Waals surface area contributed by atoms with Gasteiger partial charge in [0.05, 0.1) is 15.4 Å². The van der Waals surface area contributed by atoms with Crippen LogP contribution >= 0.6 is 0 Å². The van der Waals surface area contributed by atoms with Crippen molar-refractivity contribution >= 4 is 21.3 Å². The minimum Gasteiger partial charge on any atom is -0.320 e. The molecule has 4 aliphatic rings. The average Bonchev–Trinajstić information content (AvgIpc) is 3.30. The highest BCUT2D eigenvalue weighted by atomic mass is 32.2. The molecule has 0 spiro atoms. The zero-order valence-electron chi connectivity index (χ0n) is 18.0. The molecule has 4 aliphatic carbocycles. The van der Waals surface area contributed by atoms with Crippen molar-refractivity contribution in [1.82, 2.24) is 14.8 Å². The molecule has 3 atom stereocenters. The smallest absolute Gasteiger partial charge is 0.320 e. The quantitative estimate of drug-likeness (QED) is 0.542. The maximum absolute atomic E-state index is 14.3. The van der Waals surface area contributed by atoms with Crippen molar-refractivity contribution in [2.75, 3.05) is 11.6 Å². The second-order valence-corrected chi connectivity index (χ2v) is 11.8. The van der Waals surface area contributed by atoms with Gasteiger partial charge in [0.2, 0.25) is 6.43 Å². The van der Waals surface area contributed by atoms with Crippen molar-refractivity contribution in [3.63, 3.8) is 0 Å². The molecule has 0 saturated heterocycles. The Balaban J connectivity index is 1.55. The fourth-order valence-electron chi connectivity index (χ4n) is 5.14. The van der Waals surface area contributed by atoms with E-state index in [1.807, 2.05) is 0 Å². The largest absolute Gasteiger partial charge is 0.420 e. The topological polar surface area (TPSA) is 101 Å². The van der Waals surface area contributed by atoms with E-state index < -0.39 is 56.7 Å². The Morgan fingerprint density at radius 1 is 1.35 bits per heavy atom. The molecule has 2 N–H and O–H groups in total. The number of hydrogen-bond acceptors (Lipinski definition) is 5. The van der Waals surface area contributed by atoms with Crippen LogP contribution in [0.4, 0.5) is 27.6 Å². The highest BCUT2D eigenvalue weighted by Gasteiger charge is 2.62. The maximum atomic E-state index is 14.3. The maximum Gasteiger partial charge on any atom is 0.420 e. The Morgan fingerprint density at radius 3 is 2.53 bits per heavy atom. The second kappa shape index (κ2) is 7.46. The van der Waals surface area contributed by atoms with Crippen LogP contribution in [-0.2, 0) is 27.9 Å². The summed E-state index contributed by atoms with van der Waals surface area (Å²) in [5.41, 5.74) is -2.72. The van der Waals surface area contributed by atoms with Crippen molar-refractivity contribution in [3.05, 3.63) is 35.3 Å². The van der Waals surface area contributed by atoms with Crippen molar-refractivity contribution in [1.29, 1.82) is 4.78 Å². The molecule has 4 fully saturated rings. The molecule has 1 amide bonds. The zero-order chi connectivity index (χ0) is 24.6. The Morgan fingerprint density at radius 2 is 2.03 bits per heavy atom. The number of pyridine rings is 1. The van der Waals surface area contributed by atoms with Crippen LogP contribution in [0.3, 0.4) is 0 Å². The zero-order valence-corrected chi connectivity index (χ0v) is 18.8. The van der Waals surface area contributed by atoms with Gasteiger partial charge in [0.25, 0.3) is 5.91 Å². The highest BCUT2D eigenvalue weighted by Crippen LogP contribution is 2.66. The van der Waals surface area contributed by atoms with E-state index >= 15 is 0 Å². The number of rotatable bonds is 7. The number of aromatic nitrogens is 3. The first kappa shape index (κ1) is 23.2. The van der Waals surface area contributed by atoms with E-state index in [0.29, 0.717) is 25.2 Å². The molecule has 184 valence electrons. The summed E-state index contributed by atoms with van der Waals surface area (Å²) in [6.07, 6.45) is -3.27. The van der Waals surface area contributed by atoms with Crippen molar-refractivity contribution in [2.24, 2.45) is 17.8 Å². The van der Waals surface area contributed by atoms with Gasteiger partial charge in [0, 0.05) is 36.0 Å². The van der Waals surface area contributed by atoms with Gasteiger partial charge < -0.3 is 5.32 Å². The Labute approximate surface area is 192 Å². The molecule has 0 aliphatic heterocycles. The van der Waals surface area contributed by atoms with Gasteiger partial charge in [-0.1, -0.05) is 0 Å². The highest BCUT2D eigenvalue weighted by molar-refractivity contribution is 7.91. The van der Waals surface area contributed by atoms with Crippen LogP contribution < -0.4 is 5.32 Å². The number of anilines is 1. The van der Waals surface area contributed by atoms with Crippen LogP contribution in [0, 0.1) is 22.5 Å². The standard InChI is InChI=1S/C21H22F5N5O2S/c1-34(27,33)14-5-12(2-3-28-14)29-19(32)16-15(21(24,25)26)17(20-6-10(7-20)8-20)30-31(16)9-11-4-13(11)18(22)23/h2-3,5,10-11,13,18,27H,4,6-9H2,1H3,(H,28,29,32)/t10?,11-,13+,20?,34?/m0/s1. The fraction of sp³-hybridized carbons (Fsp3) is 0.571. The van der Waals surface area contributed by atoms with Crippen LogP contribution in [-0.4, -0.2) is 37.6 Å². The lowest BCUT2D eigenvalue weighted by Gasteiger charge is -2.61. The van der Waals surface area contributed by atoms with Gasteiger partial charge in [-0.3, -0.25) is 9.48 Å². The predicted octanol–water partition coefficient (Wildman–Crippen LogP) is 4.54. The number of amides is 1. The van der Waals surface area contributed by atoms with E-state index in [4.69, 9.17) is 4.78 Å². The molecule has 2 bridgehead atoms. The van der Waals surface area contributed by atoms with Gasteiger partial charge in [0.1, 0.15) is 16.3 Å². The van der Waals surface area contributed by atoms with E-state index in [0.717, 1.165) is 17.0 Å². The van der Waals surface area contributed by atoms with E-state index in [2.05, 4.69) is 15.4 Å². The molecule has 1 unspecified atom stereocenters. The molecule has 7 nitrogen and oxygen atoms in total. The first-order valence-corrected chi connectivity index (χ1v) is 12.7. The van der Waals surface area contributed by atoms with Gasteiger partial charge >= 0.3 is 6.18 Å². The Hall–Kier alpha value is -2.57. The summed E-state index contributed by atoms with van der Waals surface area (Å²) < 4.78 is 89.5. The van der Waals surface area contributed by atoms with Crippen LogP contribution in [0.2, 0.25) is 0 Å². The normalized spacial score (nSPS) is 29.2. The van der Waals surface area contributed by atoms with Crippen molar-refractivity contribution in [3.8, 4) is 0 Å². The number of nitrogens with one attached hydrogen (secondary N) is 2.